The number of aliphatic hydroxyl groups is 1. The van der Waals surface area contributed by atoms with Crippen molar-refractivity contribution in [1.82, 2.24) is 0 Å². The molecule has 0 radical (unpaired) electrons. The summed E-state index contributed by atoms with van der Waals surface area (Å²) in [7, 11) is 0. The van der Waals surface area contributed by atoms with Crippen LogP contribution in [0.15, 0.2) is 0 Å². The molecule has 0 aliphatic carbocycles. The minimum atomic E-state index is -1.04. The zero-order chi connectivity index (χ0) is 10.8. The monoisotopic (exact) mass is 218 g/mol. The molecule has 2 heterocycles. The summed E-state index contributed by atoms with van der Waals surface area (Å²) >= 11 is 0. The van der Waals surface area contributed by atoms with Crippen molar-refractivity contribution < 1.29 is 28.8 Å². The summed E-state index contributed by atoms with van der Waals surface area (Å²) in [5.41, 5.74) is 0. The van der Waals surface area contributed by atoms with Gasteiger partial charge in [-0.05, 0) is 6.92 Å². The summed E-state index contributed by atoms with van der Waals surface area (Å²) in [6, 6.07) is 0. The molecule has 6 heteroatoms. The first-order valence-corrected chi connectivity index (χ1v) is 4.95. The van der Waals surface area contributed by atoms with Gasteiger partial charge >= 0.3 is 5.97 Å². The van der Waals surface area contributed by atoms with Crippen molar-refractivity contribution >= 4 is 5.97 Å². The van der Waals surface area contributed by atoms with Crippen LogP contribution in [-0.2, 0) is 23.7 Å². The molecule has 0 unspecified atom stereocenters. The Labute approximate surface area is 87.1 Å². The molecule has 0 aromatic rings. The van der Waals surface area contributed by atoms with Crippen LogP contribution in [0.2, 0.25) is 0 Å². The number of hydrogen-bond donors (Lipinski definition) is 1. The zero-order valence-electron chi connectivity index (χ0n) is 8.42. The van der Waals surface area contributed by atoms with Crippen LogP contribution < -0.4 is 0 Å². The van der Waals surface area contributed by atoms with Crippen molar-refractivity contribution in [2.75, 3.05) is 19.8 Å². The van der Waals surface area contributed by atoms with Crippen molar-refractivity contribution in [2.45, 2.75) is 31.5 Å². The molecule has 2 aliphatic rings. The highest BCUT2D eigenvalue weighted by atomic mass is 16.7. The zero-order valence-corrected chi connectivity index (χ0v) is 8.42. The fourth-order valence-corrected chi connectivity index (χ4v) is 1.68. The number of esters is 1. The Morgan fingerprint density at radius 2 is 2.27 bits per heavy atom. The van der Waals surface area contributed by atoms with Gasteiger partial charge < -0.3 is 24.1 Å². The molecule has 0 bridgehead atoms. The van der Waals surface area contributed by atoms with Crippen LogP contribution in [-0.4, -0.2) is 55.5 Å². The van der Waals surface area contributed by atoms with E-state index >= 15 is 0 Å². The second-order valence-corrected chi connectivity index (χ2v) is 3.46. The number of fused-ring (bicyclic) bond motifs is 1. The fraction of sp³-hybridized carbons (Fsp3) is 0.889. The maximum atomic E-state index is 11.3. The molecule has 2 rings (SSSR count). The second kappa shape index (κ2) is 4.44. The van der Waals surface area contributed by atoms with Crippen LogP contribution in [0.3, 0.4) is 0 Å². The molecule has 2 fully saturated rings. The van der Waals surface area contributed by atoms with Crippen LogP contribution in [0, 0.1) is 0 Å². The quantitative estimate of drug-likeness (QED) is 0.602. The van der Waals surface area contributed by atoms with Crippen molar-refractivity contribution in [2.24, 2.45) is 0 Å². The van der Waals surface area contributed by atoms with E-state index in [-0.39, 0.29) is 25.9 Å². The third kappa shape index (κ3) is 2.12. The normalized spacial score (nSPS) is 39.9. The summed E-state index contributed by atoms with van der Waals surface area (Å²) in [6.45, 7) is 2.44. The average molecular weight is 218 g/mol. The Balaban J connectivity index is 1.93. The van der Waals surface area contributed by atoms with E-state index in [0.717, 1.165) is 0 Å². The minimum Gasteiger partial charge on any atom is -0.462 e. The first-order chi connectivity index (χ1) is 7.22. The molecule has 2 saturated heterocycles. The average Bonchev–Trinajstić information content (AvgIpc) is 2.60. The van der Waals surface area contributed by atoms with E-state index in [4.69, 9.17) is 18.9 Å². The third-order valence-electron chi connectivity index (χ3n) is 2.40. The van der Waals surface area contributed by atoms with Gasteiger partial charge in [-0.3, -0.25) is 0 Å². The molecule has 0 aromatic carbocycles. The summed E-state index contributed by atoms with van der Waals surface area (Å²) in [4.78, 5) is 11.3. The Morgan fingerprint density at radius 3 is 3.00 bits per heavy atom. The highest BCUT2D eigenvalue weighted by molar-refractivity contribution is 5.73. The lowest BCUT2D eigenvalue weighted by molar-refractivity contribution is -0.252. The van der Waals surface area contributed by atoms with E-state index in [1.165, 1.54) is 0 Å². The molecule has 4 atom stereocenters. The Kier molecular flexibility index (Phi) is 3.20. The lowest BCUT2D eigenvalue weighted by atomic mass is 10.1. The van der Waals surface area contributed by atoms with Gasteiger partial charge in [-0.1, -0.05) is 0 Å². The number of ether oxygens (including phenoxy) is 4. The second-order valence-electron chi connectivity index (χ2n) is 3.46. The standard InChI is InChI=1S/C9H14O6/c1-2-12-8(11)9-14-4-6-7(15-9)5(10)3-13-6/h5-7,9-10H,2-4H2,1H3/t5-,6+,7+,9-/m0/s1. The Bertz CT molecular complexity index is 243. The Hall–Kier alpha value is -0.690. The first kappa shape index (κ1) is 10.8. The maximum absolute atomic E-state index is 11.3. The smallest absolute Gasteiger partial charge is 0.363 e. The van der Waals surface area contributed by atoms with Crippen LogP contribution in [0.1, 0.15) is 6.92 Å². The van der Waals surface area contributed by atoms with Gasteiger partial charge in [-0.2, -0.15) is 0 Å². The van der Waals surface area contributed by atoms with Gasteiger partial charge in [-0.15, -0.1) is 0 Å². The van der Waals surface area contributed by atoms with Gasteiger partial charge in [0.05, 0.1) is 19.8 Å². The summed E-state index contributed by atoms with van der Waals surface area (Å²) in [5.74, 6) is -0.560. The van der Waals surface area contributed by atoms with E-state index < -0.39 is 24.5 Å². The van der Waals surface area contributed by atoms with Gasteiger partial charge in [0.2, 0.25) is 0 Å². The molecule has 0 aromatic heterocycles. The number of hydrogen-bond acceptors (Lipinski definition) is 6. The SMILES string of the molecule is CCOC(=O)[C@H]1OC[C@H]2OC[C@H](O)[C@H]2O1. The predicted octanol–water partition coefficient (Wildman–Crippen LogP) is -0.949. The number of rotatable bonds is 2. The molecular weight excluding hydrogens is 204 g/mol. The van der Waals surface area contributed by atoms with Gasteiger partial charge in [0.1, 0.15) is 18.3 Å². The minimum absolute atomic E-state index is 0.217. The molecular formula is C9H14O6. The molecule has 1 N–H and O–H groups in total. The van der Waals surface area contributed by atoms with Crippen LogP contribution >= 0.6 is 0 Å². The van der Waals surface area contributed by atoms with Crippen molar-refractivity contribution in [1.29, 1.82) is 0 Å². The highest BCUT2D eigenvalue weighted by Crippen LogP contribution is 2.25. The first-order valence-electron chi connectivity index (χ1n) is 4.95. The molecule has 15 heavy (non-hydrogen) atoms. The van der Waals surface area contributed by atoms with E-state index in [0.29, 0.717) is 0 Å². The van der Waals surface area contributed by atoms with E-state index in [1.807, 2.05) is 0 Å². The molecule has 0 amide bonds. The van der Waals surface area contributed by atoms with E-state index in [9.17, 15) is 9.90 Å². The molecule has 0 saturated carbocycles. The van der Waals surface area contributed by atoms with Crippen molar-refractivity contribution in [3.8, 4) is 0 Å². The van der Waals surface area contributed by atoms with Gasteiger partial charge in [-0.25, -0.2) is 4.79 Å². The lowest BCUT2D eigenvalue weighted by Gasteiger charge is -2.30. The summed E-state index contributed by atoms with van der Waals surface area (Å²) < 4.78 is 20.3. The van der Waals surface area contributed by atoms with Gasteiger partial charge in [0.25, 0.3) is 6.29 Å². The van der Waals surface area contributed by atoms with Gasteiger partial charge in [0, 0.05) is 0 Å². The third-order valence-corrected chi connectivity index (χ3v) is 2.40. The van der Waals surface area contributed by atoms with Gasteiger partial charge in [0.15, 0.2) is 0 Å². The molecule has 86 valence electrons. The van der Waals surface area contributed by atoms with Crippen LogP contribution in [0.4, 0.5) is 0 Å². The van der Waals surface area contributed by atoms with E-state index in [2.05, 4.69) is 0 Å². The molecule has 6 nitrogen and oxygen atoms in total. The Morgan fingerprint density at radius 1 is 1.47 bits per heavy atom. The summed E-state index contributed by atoms with van der Waals surface area (Å²) in [5, 5.41) is 9.50. The van der Waals surface area contributed by atoms with Crippen LogP contribution in [0.5, 0.6) is 0 Å². The fourth-order valence-electron chi connectivity index (χ4n) is 1.68. The lowest BCUT2D eigenvalue weighted by Crippen LogP contribution is -2.48. The molecule has 2 aliphatic heterocycles. The predicted molar refractivity (Wildman–Crippen MR) is 47.0 cm³/mol. The van der Waals surface area contributed by atoms with Crippen LogP contribution in [0.25, 0.3) is 0 Å². The van der Waals surface area contributed by atoms with E-state index in [1.54, 1.807) is 6.92 Å². The largest absolute Gasteiger partial charge is 0.462 e. The summed E-state index contributed by atoms with van der Waals surface area (Å²) in [6.07, 6.45) is -2.52. The molecule has 0 spiro atoms. The number of carbonyl (C=O) groups excluding carboxylic acids is 1. The highest BCUT2D eigenvalue weighted by Gasteiger charge is 2.44. The van der Waals surface area contributed by atoms with Crippen molar-refractivity contribution in [3.05, 3.63) is 0 Å². The van der Waals surface area contributed by atoms with Crippen molar-refractivity contribution in [3.63, 3.8) is 0 Å². The topological polar surface area (TPSA) is 74.2 Å². The number of aliphatic hydroxyl groups excluding tert-OH is 1. The number of carbonyl (C=O) groups is 1. The maximum Gasteiger partial charge on any atom is 0.363 e.